The van der Waals surface area contributed by atoms with Crippen molar-refractivity contribution in [3.63, 3.8) is 0 Å². The van der Waals surface area contributed by atoms with E-state index < -0.39 is 0 Å². The number of ether oxygens (including phenoxy) is 1. The molecule has 0 aromatic heterocycles. The van der Waals surface area contributed by atoms with E-state index >= 15 is 0 Å². The van der Waals surface area contributed by atoms with Crippen molar-refractivity contribution in [3.8, 4) is 0 Å². The van der Waals surface area contributed by atoms with E-state index in [1.807, 2.05) is 0 Å². The number of nitrogens with zero attached hydrogens (tertiary/aromatic N) is 1. The lowest BCUT2D eigenvalue weighted by Gasteiger charge is -2.15. The van der Waals surface area contributed by atoms with Crippen molar-refractivity contribution >= 4 is 0 Å². The molecule has 1 saturated carbocycles. The topological polar surface area (TPSA) is 24.5 Å². The first-order valence-electron chi connectivity index (χ1n) is 6.81. The number of hydrogen-bond donors (Lipinski definition) is 1. The second-order valence-electron chi connectivity index (χ2n) is 5.45. The molecule has 0 radical (unpaired) electrons. The van der Waals surface area contributed by atoms with Gasteiger partial charge in [-0.05, 0) is 33.2 Å². The van der Waals surface area contributed by atoms with Gasteiger partial charge in [-0.25, -0.2) is 0 Å². The molecule has 1 saturated heterocycles. The van der Waals surface area contributed by atoms with Crippen LogP contribution in [0.4, 0.5) is 0 Å². The fraction of sp³-hybridized carbons (Fsp3) is 1.00. The third-order valence-electron chi connectivity index (χ3n) is 4.08. The molecule has 1 aliphatic carbocycles. The number of nitrogens with one attached hydrogen (secondary N) is 1. The van der Waals surface area contributed by atoms with Crippen LogP contribution in [-0.2, 0) is 4.74 Å². The van der Waals surface area contributed by atoms with Gasteiger partial charge in [0.15, 0.2) is 0 Å². The third kappa shape index (κ3) is 3.44. The molecule has 0 bridgehead atoms. The van der Waals surface area contributed by atoms with Gasteiger partial charge >= 0.3 is 0 Å². The van der Waals surface area contributed by atoms with Crippen LogP contribution in [0.2, 0.25) is 0 Å². The minimum Gasteiger partial charge on any atom is -0.377 e. The highest BCUT2D eigenvalue weighted by Gasteiger charge is 2.25. The molecule has 2 atom stereocenters. The summed E-state index contributed by atoms with van der Waals surface area (Å²) in [7, 11) is 2.21. The van der Waals surface area contributed by atoms with Crippen LogP contribution in [0.1, 0.15) is 39.0 Å². The van der Waals surface area contributed by atoms with Crippen molar-refractivity contribution in [2.24, 2.45) is 0 Å². The Morgan fingerprint density at radius 3 is 2.69 bits per heavy atom. The van der Waals surface area contributed by atoms with E-state index in [0.29, 0.717) is 12.1 Å². The minimum absolute atomic E-state index is 0.562. The van der Waals surface area contributed by atoms with Crippen LogP contribution in [0.15, 0.2) is 0 Å². The van der Waals surface area contributed by atoms with Crippen molar-refractivity contribution in [3.05, 3.63) is 0 Å². The lowest BCUT2D eigenvalue weighted by Crippen LogP contribution is -2.34. The van der Waals surface area contributed by atoms with Crippen LogP contribution >= 0.6 is 0 Å². The van der Waals surface area contributed by atoms with Gasteiger partial charge in [0, 0.05) is 25.2 Å². The first-order valence-corrected chi connectivity index (χ1v) is 6.81. The third-order valence-corrected chi connectivity index (χ3v) is 4.08. The van der Waals surface area contributed by atoms with Gasteiger partial charge in [0.05, 0.1) is 12.7 Å². The molecule has 1 N–H and O–H groups in total. The maximum atomic E-state index is 5.84. The fourth-order valence-electron chi connectivity index (χ4n) is 2.89. The molecule has 0 aromatic rings. The second kappa shape index (κ2) is 5.99. The second-order valence-corrected chi connectivity index (χ2v) is 5.45. The van der Waals surface area contributed by atoms with E-state index in [0.717, 1.165) is 19.2 Å². The minimum atomic E-state index is 0.562. The number of hydrogen-bond acceptors (Lipinski definition) is 3. The lowest BCUT2D eigenvalue weighted by molar-refractivity contribution is 0.0592. The van der Waals surface area contributed by atoms with E-state index in [1.165, 1.54) is 38.6 Å². The molecular weight excluding hydrogens is 200 g/mol. The highest BCUT2D eigenvalue weighted by molar-refractivity contribution is 4.84. The predicted molar refractivity (Wildman–Crippen MR) is 66.7 cm³/mol. The molecule has 3 nitrogen and oxygen atoms in total. The van der Waals surface area contributed by atoms with E-state index in [4.69, 9.17) is 4.74 Å². The van der Waals surface area contributed by atoms with Gasteiger partial charge < -0.3 is 15.0 Å². The zero-order valence-corrected chi connectivity index (χ0v) is 10.7. The van der Waals surface area contributed by atoms with Crippen molar-refractivity contribution in [1.29, 1.82) is 0 Å². The molecule has 2 aliphatic rings. The standard InChI is InChI=1S/C13H26N2O/c1-11-9-12(10-15(11)2)14-7-8-16-13-5-3-4-6-13/h11-14H,3-10H2,1-2H3. The fourth-order valence-corrected chi connectivity index (χ4v) is 2.89. The zero-order chi connectivity index (χ0) is 11.4. The van der Waals surface area contributed by atoms with Crippen molar-refractivity contribution in [1.82, 2.24) is 10.2 Å². The summed E-state index contributed by atoms with van der Waals surface area (Å²) in [5.74, 6) is 0. The summed E-state index contributed by atoms with van der Waals surface area (Å²) in [6.07, 6.45) is 7.13. The van der Waals surface area contributed by atoms with Gasteiger partial charge in [0.1, 0.15) is 0 Å². The van der Waals surface area contributed by atoms with Gasteiger partial charge in [-0.3, -0.25) is 0 Å². The molecule has 3 heteroatoms. The normalized spacial score (nSPS) is 32.6. The van der Waals surface area contributed by atoms with Gasteiger partial charge in [0.2, 0.25) is 0 Å². The van der Waals surface area contributed by atoms with Crippen LogP contribution in [0.3, 0.4) is 0 Å². The smallest absolute Gasteiger partial charge is 0.0594 e. The van der Waals surface area contributed by atoms with Crippen LogP contribution in [-0.4, -0.2) is 49.8 Å². The average Bonchev–Trinajstić information content (AvgIpc) is 2.85. The van der Waals surface area contributed by atoms with E-state index in [-0.39, 0.29) is 0 Å². The quantitative estimate of drug-likeness (QED) is 0.721. The Morgan fingerprint density at radius 1 is 1.31 bits per heavy atom. The molecule has 1 heterocycles. The highest BCUT2D eigenvalue weighted by Crippen LogP contribution is 2.20. The summed E-state index contributed by atoms with van der Waals surface area (Å²) in [5.41, 5.74) is 0. The maximum absolute atomic E-state index is 5.84. The van der Waals surface area contributed by atoms with Crippen molar-refractivity contribution in [2.75, 3.05) is 26.7 Å². The van der Waals surface area contributed by atoms with Crippen molar-refractivity contribution in [2.45, 2.75) is 57.2 Å². The number of rotatable bonds is 5. The first kappa shape index (κ1) is 12.3. The maximum Gasteiger partial charge on any atom is 0.0594 e. The Kier molecular flexibility index (Phi) is 4.62. The van der Waals surface area contributed by atoms with Crippen LogP contribution in [0.5, 0.6) is 0 Å². The van der Waals surface area contributed by atoms with Gasteiger partial charge in [0.25, 0.3) is 0 Å². The monoisotopic (exact) mass is 226 g/mol. The molecule has 94 valence electrons. The molecule has 0 aromatic carbocycles. The summed E-state index contributed by atoms with van der Waals surface area (Å²) in [4.78, 5) is 2.43. The zero-order valence-electron chi connectivity index (χ0n) is 10.7. The Hall–Kier alpha value is -0.120. The lowest BCUT2D eigenvalue weighted by atomic mass is 10.2. The predicted octanol–water partition coefficient (Wildman–Crippen LogP) is 1.63. The molecule has 2 unspecified atom stereocenters. The van der Waals surface area contributed by atoms with Gasteiger partial charge in [-0.15, -0.1) is 0 Å². The van der Waals surface area contributed by atoms with Gasteiger partial charge in [-0.1, -0.05) is 12.8 Å². The molecular formula is C13H26N2O. The number of likely N-dealkylation sites (N-methyl/N-ethyl adjacent to an activating group) is 1. The molecule has 0 spiro atoms. The summed E-state index contributed by atoms with van der Waals surface area (Å²) >= 11 is 0. The Morgan fingerprint density at radius 2 is 2.06 bits per heavy atom. The van der Waals surface area contributed by atoms with E-state index in [1.54, 1.807) is 0 Å². The van der Waals surface area contributed by atoms with Crippen LogP contribution < -0.4 is 5.32 Å². The Labute approximate surface area is 99.5 Å². The summed E-state index contributed by atoms with van der Waals surface area (Å²) in [5, 5.41) is 3.60. The molecule has 1 aliphatic heterocycles. The van der Waals surface area contributed by atoms with Crippen LogP contribution in [0.25, 0.3) is 0 Å². The first-order chi connectivity index (χ1) is 7.75. The summed E-state index contributed by atoms with van der Waals surface area (Å²) in [6.45, 7) is 5.39. The SMILES string of the molecule is CC1CC(NCCOC2CCCC2)CN1C. The summed E-state index contributed by atoms with van der Waals surface area (Å²) < 4.78 is 5.84. The number of likely N-dealkylation sites (tertiary alicyclic amines) is 1. The van der Waals surface area contributed by atoms with E-state index in [9.17, 15) is 0 Å². The van der Waals surface area contributed by atoms with Gasteiger partial charge in [-0.2, -0.15) is 0 Å². The largest absolute Gasteiger partial charge is 0.377 e. The molecule has 16 heavy (non-hydrogen) atoms. The van der Waals surface area contributed by atoms with Crippen LogP contribution in [0, 0.1) is 0 Å². The van der Waals surface area contributed by atoms with Crippen molar-refractivity contribution < 1.29 is 4.74 Å². The van der Waals surface area contributed by atoms with E-state index in [2.05, 4.69) is 24.2 Å². The molecule has 2 rings (SSSR count). The Balaban J connectivity index is 1.51. The molecule has 2 fully saturated rings. The highest BCUT2D eigenvalue weighted by atomic mass is 16.5. The molecule has 0 amide bonds. The average molecular weight is 226 g/mol. The summed E-state index contributed by atoms with van der Waals surface area (Å²) in [6, 6.07) is 1.40. The Bertz CT molecular complexity index is 194.